The van der Waals surface area contributed by atoms with Crippen LogP contribution in [0.1, 0.15) is 65.7 Å². The Hall–Kier alpha value is -1.41. The molecule has 186 valence electrons. The van der Waals surface area contributed by atoms with Crippen LogP contribution in [0.3, 0.4) is 0 Å². The Morgan fingerprint density at radius 2 is 1.94 bits per heavy atom. The molecule has 0 unspecified atom stereocenters. The van der Waals surface area contributed by atoms with Gasteiger partial charge in [-0.25, -0.2) is 4.39 Å². The maximum absolute atomic E-state index is 17.5. The smallest absolute Gasteiger partial charge is 0.193 e. The Kier molecular flexibility index (Phi) is 4.65. The second kappa shape index (κ2) is 6.87. The number of carbonyl (C=O) groups is 2. The van der Waals surface area contributed by atoms with Gasteiger partial charge in [0.05, 0.1) is 12.2 Å². The van der Waals surface area contributed by atoms with E-state index < -0.39 is 64.3 Å². The number of Topliss-reactive ketones (excluding diaryl/α,β-unsaturated/α-hetero) is 1. The number of hydrogen-bond acceptors (Lipinski definition) is 6. The number of halogens is 1. The molecule has 0 amide bonds. The van der Waals surface area contributed by atoms with E-state index in [9.17, 15) is 19.8 Å². The van der Waals surface area contributed by atoms with Crippen LogP contribution in [0.15, 0.2) is 23.8 Å². The van der Waals surface area contributed by atoms with Crippen LogP contribution in [0.4, 0.5) is 4.39 Å². The van der Waals surface area contributed by atoms with E-state index in [-0.39, 0.29) is 18.1 Å². The third-order valence-electron chi connectivity index (χ3n) is 11.3. The molecule has 5 fully saturated rings. The molecule has 0 radical (unpaired) electrons. The van der Waals surface area contributed by atoms with Gasteiger partial charge in [0.1, 0.15) is 6.61 Å². The molecule has 0 aromatic rings. The van der Waals surface area contributed by atoms with Gasteiger partial charge >= 0.3 is 0 Å². The fourth-order valence-corrected chi connectivity index (χ4v) is 8.96. The van der Waals surface area contributed by atoms with Crippen LogP contribution in [0.25, 0.3) is 0 Å². The summed E-state index contributed by atoms with van der Waals surface area (Å²) < 4.78 is 30.4. The van der Waals surface area contributed by atoms with E-state index in [4.69, 9.17) is 9.47 Å². The molecule has 2 N–H and O–H groups in total. The van der Waals surface area contributed by atoms with Gasteiger partial charge in [0.2, 0.25) is 0 Å². The second-order valence-electron chi connectivity index (χ2n) is 12.3. The van der Waals surface area contributed by atoms with Crippen molar-refractivity contribution in [3.05, 3.63) is 23.8 Å². The number of ether oxygens (including phenoxy) is 2. The van der Waals surface area contributed by atoms with Crippen molar-refractivity contribution in [2.75, 3.05) is 6.61 Å². The lowest BCUT2D eigenvalue weighted by Gasteiger charge is -2.66. The van der Waals surface area contributed by atoms with Crippen molar-refractivity contribution in [1.82, 2.24) is 0 Å². The lowest BCUT2D eigenvalue weighted by molar-refractivity contribution is -0.264. The quantitative estimate of drug-likeness (QED) is 0.653. The monoisotopic (exact) mass is 474 g/mol. The number of allylic oxidation sites excluding steroid dienone is 4. The predicted molar refractivity (Wildman–Crippen MR) is 120 cm³/mol. The molecule has 6 rings (SSSR count). The number of rotatable bonds is 3. The zero-order valence-corrected chi connectivity index (χ0v) is 20.2. The van der Waals surface area contributed by atoms with E-state index in [0.717, 1.165) is 24.8 Å². The van der Waals surface area contributed by atoms with Crippen molar-refractivity contribution in [3.8, 4) is 0 Å². The van der Waals surface area contributed by atoms with Crippen LogP contribution in [0, 0.1) is 28.1 Å². The van der Waals surface area contributed by atoms with Crippen molar-refractivity contribution in [1.29, 1.82) is 0 Å². The zero-order chi connectivity index (χ0) is 24.3. The fourth-order valence-electron chi connectivity index (χ4n) is 8.96. The van der Waals surface area contributed by atoms with Crippen LogP contribution >= 0.6 is 0 Å². The molecule has 9 atom stereocenters. The molecule has 34 heavy (non-hydrogen) atoms. The van der Waals surface area contributed by atoms with Crippen LogP contribution in [0.2, 0.25) is 0 Å². The summed E-state index contributed by atoms with van der Waals surface area (Å²) in [7, 11) is 0. The van der Waals surface area contributed by atoms with Crippen molar-refractivity contribution in [2.24, 2.45) is 28.1 Å². The third kappa shape index (κ3) is 2.31. The highest BCUT2D eigenvalue weighted by Gasteiger charge is 2.83. The van der Waals surface area contributed by atoms with Gasteiger partial charge in [0.15, 0.2) is 29.1 Å². The van der Waals surface area contributed by atoms with Gasteiger partial charge < -0.3 is 19.7 Å². The first-order valence-electron chi connectivity index (χ1n) is 12.8. The molecule has 5 aliphatic carbocycles. The average molecular weight is 475 g/mol. The molecule has 7 heteroatoms. The summed E-state index contributed by atoms with van der Waals surface area (Å²) in [6, 6.07) is 0. The molecule has 0 bridgehead atoms. The summed E-state index contributed by atoms with van der Waals surface area (Å²) in [4.78, 5) is 25.5. The van der Waals surface area contributed by atoms with Gasteiger partial charge in [0, 0.05) is 22.7 Å². The minimum Gasteiger partial charge on any atom is -0.390 e. The van der Waals surface area contributed by atoms with Crippen molar-refractivity contribution in [2.45, 2.75) is 95.5 Å². The van der Waals surface area contributed by atoms with Crippen LogP contribution in [-0.2, 0) is 19.1 Å². The minimum atomic E-state index is -2.00. The maximum Gasteiger partial charge on any atom is 0.193 e. The lowest BCUT2D eigenvalue weighted by Crippen LogP contribution is -2.72. The first-order chi connectivity index (χ1) is 16.0. The highest BCUT2D eigenvalue weighted by atomic mass is 19.1. The highest BCUT2D eigenvalue weighted by molar-refractivity contribution is 6.01. The molecule has 0 aromatic heterocycles. The zero-order valence-electron chi connectivity index (χ0n) is 20.2. The van der Waals surface area contributed by atoms with Gasteiger partial charge in [-0.3, -0.25) is 9.59 Å². The maximum atomic E-state index is 17.5. The van der Waals surface area contributed by atoms with Gasteiger partial charge in [-0.05, 0) is 63.0 Å². The summed E-state index contributed by atoms with van der Waals surface area (Å²) in [6.45, 7) is 5.06. The van der Waals surface area contributed by atoms with Gasteiger partial charge in [-0.1, -0.05) is 31.9 Å². The van der Waals surface area contributed by atoms with Crippen molar-refractivity contribution >= 4 is 11.6 Å². The number of ketones is 2. The Labute approximate surface area is 199 Å². The summed E-state index contributed by atoms with van der Waals surface area (Å²) in [5.74, 6) is -0.932. The first-order valence-corrected chi connectivity index (χ1v) is 12.8. The molecule has 6 aliphatic rings. The standard InChI is InChI=1S/C27H35FO6/c1-23-10-9-17(30)11-16(23)7-8-18-24(2)13-21-27(20(32)14-29,34-22(33-21)15-5-4-6-15)25(24,3)12-19(31)26(18,23)28/h9-11,15,18-19,21-22,29,31H,4-8,12-14H2,1-3H3/t18-,19-,21+,22+,23-,24-,25-,26-,27+/m0/s1. The molecular formula is C27H35FO6. The van der Waals surface area contributed by atoms with E-state index in [1.807, 2.05) is 13.8 Å². The molecule has 1 saturated heterocycles. The van der Waals surface area contributed by atoms with E-state index in [1.54, 1.807) is 13.0 Å². The van der Waals surface area contributed by atoms with Gasteiger partial charge in [0.25, 0.3) is 0 Å². The minimum absolute atomic E-state index is 0.0180. The fraction of sp³-hybridized carbons (Fsp3) is 0.778. The van der Waals surface area contributed by atoms with Crippen LogP contribution in [0.5, 0.6) is 0 Å². The second-order valence-corrected chi connectivity index (χ2v) is 12.3. The molecule has 1 heterocycles. The Morgan fingerprint density at radius 3 is 2.59 bits per heavy atom. The van der Waals surface area contributed by atoms with E-state index in [0.29, 0.717) is 19.3 Å². The van der Waals surface area contributed by atoms with Gasteiger partial charge in [-0.15, -0.1) is 0 Å². The first kappa shape index (κ1) is 23.0. The number of aliphatic hydroxyl groups is 2. The van der Waals surface area contributed by atoms with E-state index in [1.165, 1.54) is 12.2 Å². The largest absolute Gasteiger partial charge is 0.390 e. The Bertz CT molecular complexity index is 1020. The topological polar surface area (TPSA) is 93.1 Å². The molecule has 0 aromatic carbocycles. The number of carbonyl (C=O) groups excluding carboxylic acids is 2. The Balaban J connectivity index is 1.47. The van der Waals surface area contributed by atoms with Crippen molar-refractivity contribution < 1.29 is 33.7 Å². The number of aliphatic hydroxyl groups excluding tert-OH is 2. The van der Waals surface area contributed by atoms with Gasteiger partial charge in [-0.2, -0.15) is 0 Å². The Morgan fingerprint density at radius 1 is 1.21 bits per heavy atom. The summed E-state index contributed by atoms with van der Waals surface area (Å²) >= 11 is 0. The number of fused-ring (bicyclic) bond motifs is 7. The molecule has 4 saturated carbocycles. The number of alkyl halides is 1. The summed E-state index contributed by atoms with van der Waals surface area (Å²) in [6.07, 6.45) is 6.63. The highest BCUT2D eigenvalue weighted by Crippen LogP contribution is 2.77. The molecule has 1 aliphatic heterocycles. The van der Waals surface area contributed by atoms with Crippen LogP contribution in [-0.4, -0.2) is 58.2 Å². The normalized spacial score (nSPS) is 53.9. The third-order valence-corrected chi connectivity index (χ3v) is 11.3. The lowest BCUT2D eigenvalue weighted by atomic mass is 9.40. The average Bonchev–Trinajstić information content (AvgIpc) is 3.19. The number of hydrogen-bond donors (Lipinski definition) is 2. The molecule has 0 spiro atoms. The van der Waals surface area contributed by atoms with E-state index >= 15 is 4.39 Å². The summed E-state index contributed by atoms with van der Waals surface area (Å²) in [5.41, 5.74) is -5.43. The summed E-state index contributed by atoms with van der Waals surface area (Å²) in [5, 5.41) is 21.6. The predicted octanol–water partition coefficient (Wildman–Crippen LogP) is 3.20. The van der Waals surface area contributed by atoms with Crippen molar-refractivity contribution in [3.63, 3.8) is 0 Å². The molecular weight excluding hydrogens is 439 g/mol. The van der Waals surface area contributed by atoms with E-state index in [2.05, 4.69) is 0 Å². The molecule has 6 nitrogen and oxygen atoms in total. The van der Waals surface area contributed by atoms with Crippen LogP contribution < -0.4 is 0 Å². The SMILES string of the molecule is C[C@]12C[C@H](O)[C@@]3(F)[C@@H](CCC4=CC(=O)C=C[C@@]43C)[C@]1(C)C[C@H]1O[C@@H](C3CCC3)O[C@]12C(=O)CO.